The fraction of sp³-hybridized carbons (Fsp3) is 0.538. The molecule has 40 heavy (non-hydrogen) atoms. The van der Waals surface area contributed by atoms with Crippen LogP contribution in [-0.4, -0.2) is 12.3 Å². The van der Waals surface area contributed by atoms with Crippen LogP contribution in [0.1, 0.15) is 123 Å². The molecule has 4 rings (SSSR count). The van der Waals surface area contributed by atoms with Gasteiger partial charge in [-0.25, -0.2) is 0 Å². The van der Waals surface area contributed by atoms with Crippen LogP contribution in [0.5, 0.6) is 0 Å². The summed E-state index contributed by atoms with van der Waals surface area (Å²) < 4.78 is 0. The molecule has 0 aromatic heterocycles. The Labute approximate surface area is 248 Å². The molecule has 1 heterocycles. The summed E-state index contributed by atoms with van der Waals surface area (Å²) in [4.78, 5) is 0. The number of hydrogen-bond acceptors (Lipinski definition) is 0. The SMILES string of the molecule is CCCCCCCCc1c(-c2ccc(C(C)(C)C)cc2)cc(P2CCCCC2)cc1-c1ccc(C(C)(C)C)cc1. The molecule has 0 spiro atoms. The normalized spacial score (nSPS) is 15.0. The first-order valence-electron chi connectivity index (χ1n) is 16.2. The summed E-state index contributed by atoms with van der Waals surface area (Å²) in [5.41, 5.74) is 10.5. The van der Waals surface area contributed by atoms with Gasteiger partial charge in [0.1, 0.15) is 0 Å². The average Bonchev–Trinajstić information content (AvgIpc) is 2.94. The summed E-state index contributed by atoms with van der Waals surface area (Å²) in [6.07, 6.45) is 16.2. The van der Waals surface area contributed by atoms with E-state index in [4.69, 9.17) is 0 Å². The summed E-state index contributed by atoms with van der Waals surface area (Å²) >= 11 is 0. The van der Waals surface area contributed by atoms with Crippen molar-refractivity contribution in [3.05, 3.63) is 77.4 Å². The Bertz CT molecular complexity index is 1120. The Hall–Kier alpha value is -1.91. The van der Waals surface area contributed by atoms with E-state index in [0.717, 1.165) is 6.42 Å². The predicted octanol–water partition coefficient (Wildman–Crippen LogP) is 11.8. The van der Waals surface area contributed by atoms with E-state index in [-0.39, 0.29) is 18.8 Å². The van der Waals surface area contributed by atoms with E-state index >= 15 is 0 Å². The fourth-order valence-electron chi connectivity index (χ4n) is 6.16. The van der Waals surface area contributed by atoms with Gasteiger partial charge in [0.05, 0.1) is 0 Å². The van der Waals surface area contributed by atoms with Crippen LogP contribution in [0.3, 0.4) is 0 Å². The third-order valence-electron chi connectivity index (χ3n) is 8.86. The highest BCUT2D eigenvalue weighted by atomic mass is 31.1. The molecule has 1 aliphatic rings. The van der Waals surface area contributed by atoms with E-state index in [1.807, 2.05) is 0 Å². The minimum atomic E-state index is -0.0648. The van der Waals surface area contributed by atoms with Crippen LogP contribution in [0.15, 0.2) is 60.7 Å². The van der Waals surface area contributed by atoms with Gasteiger partial charge in [-0.15, -0.1) is 0 Å². The van der Waals surface area contributed by atoms with Crippen LogP contribution in [0, 0.1) is 0 Å². The van der Waals surface area contributed by atoms with Crippen molar-refractivity contribution in [2.24, 2.45) is 0 Å². The van der Waals surface area contributed by atoms with E-state index in [9.17, 15) is 0 Å². The van der Waals surface area contributed by atoms with Gasteiger partial charge in [-0.3, -0.25) is 0 Å². The molecule has 0 nitrogen and oxygen atoms in total. The molecule has 1 aliphatic heterocycles. The van der Waals surface area contributed by atoms with Gasteiger partial charge in [-0.1, -0.05) is 143 Å². The van der Waals surface area contributed by atoms with Crippen LogP contribution in [0.2, 0.25) is 0 Å². The van der Waals surface area contributed by atoms with Crippen molar-refractivity contribution in [3.63, 3.8) is 0 Å². The maximum absolute atomic E-state index is 2.63. The quantitative estimate of drug-likeness (QED) is 0.173. The fourth-order valence-corrected chi connectivity index (χ4v) is 8.73. The lowest BCUT2D eigenvalue weighted by Crippen LogP contribution is -2.13. The third kappa shape index (κ3) is 8.10. The molecule has 3 aromatic carbocycles. The Kier molecular flexibility index (Phi) is 10.7. The molecule has 3 aromatic rings. The summed E-state index contributed by atoms with van der Waals surface area (Å²) in [7, 11) is -0.0648. The van der Waals surface area contributed by atoms with E-state index < -0.39 is 0 Å². The maximum Gasteiger partial charge on any atom is -0.0132 e. The topological polar surface area (TPSA) is 0 Å². The van der Waals surface area contributed by atoms with Gasteiger partial charge >= 0.3 is 0 Å². The monoisotopic (exact) mass is 554 g/mol. The lowest BCUT2D eigenvalue weighted by molar-refractivity contribution is 0.590. The van der Waals surface area contributed by atoms with Gasteiger partial charge in [0.2, 0.25) is 0 Å². The first kappa shape index (κ1) is 31.0. The second-order valence-corrected chi connectivity index (χ2v) is 16.7. The number of unbranched alkanes of at least 4 members (excludes halogenated alkanes) is 5. The molecule has 1 heteroatoms. The van der Waals surface area contributed by atoms with Crippen molar-refractivity contribution >= 4 is 13.2 Å². The van der Waals surface area contributed by atoms with Crippen LogP contribution < -0.4 is 5.30 Å². The van der Waals surface area contributed by atoms with Gasteiger partial charge in [0.25, 0.3) is 0 Å². The van der Waals surface area contributed by atoms with Crippen molar-refractivity contribution in [3.8, 4) is 22.3 Å². The number of hydrogen-bond donors (Lipinski definition) is 0. The lowest BCUT2D eigenvalue weighted by atomic mass is 9.83. The molecule has 0 bridgehead atoms. The highest BCUT2D eigenvalue weighted by Crippen LogP contribution is 2.44. The molecule has 0 atom stereocenters. The van der Waals surface area contributed by atoms with Crippen molar-refractivity contribution in [2.75, 3.05) is 12.3 Å². The van der Waals surface area contributed by atoms with Gasteiger partial charge in [-0.2, -0.15) is 0 Å². The van der Waals surface area contributed by atoms with Gasteiger partial charge in [0, 0.05) is 0 Å². The summed E-state index contributed by atoms with van der Waals surface area (Å²) in [6, 6.07) is 24.4. The van der Waals surface area contributed by atoms with Crippen molar-refractivity contribution in [2.45, 2.75) is 124 Å². The van der Waals surface area contributed by atoms with Gasteiger partial charge in [0.15, 0.2) is 0 Å². The standard InChI is InChI=1S/C39H55P/c1-8-9-10-11-12-14-17-35-36(30-18-22-32(23-19-30)38(2,3)4)28-34(40-26-15-13-16-27-40)29-37(35)31-20-24-33(25-21-31)39(5,6)7/h18-25,28-29H,8-17,26-27H2,1-7H3. The van der Waals surface area contributed by atoms with Crippen molar-refractivity contribution in [1.82, 2.24) is 0 Å². The smallest absolute Gasteiger partial charge is 0.0132 e. The van der Waals surface area contributed by atoms with E-state index in [1.54, 1.807) is 10.9 Å². The van der Waals surface area contributed by atoms with Crippen LogP contribution in [0.25, 0.3) is 22.3 Å². The Balaban J connectivity index is 1.81. The number of benzene rings is 3. The summed E-state index contributed by atoms with van der Waals surface area (Å²) in [5.74, 6) is 0. The molecule has 0 aliphatic carbocycles. The molecule has 0 N–H and O–H groups in total. The van der Waals surface area contributed by atoms with Gasteiger partial charge < -0.3 is 0 Å². The molecule has 0 unspecified atom stereocenters. The molecule has 0 radical (unpaired) electrons. The average molecular weight is 555 g/mol. The summed E-state index contributed by atoms with van der Waals surface area (Å²) in [5, 5.41) is 1.63. The Morgan fingerprint density at radius 3 is 1.48 bits per heavy atom. The summed E-state index contributed by atoms with van der Waals surface area (Å²) in [6.45, 7) is 16.2. The first-order chi connectivity index (χ1) is 19.1. The maximum atomic E-state index is 2.63. The minimum absolute atomic E-state index is 0.0648. The zero-order valence-corrected chi connectivity index (χ0v) is 27.6. The van der Waals surface area contributed by atoms with E-state index in [1.165, 1.54) is 103 Å². The molecule has 216 valence electrons. The number of rotatable bonds is 10. The van der Waals surface area contributed by atoms with Crippen LogP contribution in [0.4, 0.5) is 0 Å². The third-order valence-corrected chi connectivity index (χ3v) is 11.6. The Morgan fingerprint density at radius 2 is 1.02 bits per heavy atom. The molecule has 0 amide bonds. The zero-order chi connectivity index (χ0) is 28.8. The van der Waals surface area contributed by atoms with Crippen LogP contribution in [-0.2, 0) is 17.3 Å². The van der Waals surface area contributed by atoms with Crippen LogP contribution >= 0.6 is 7.92 Å². The highest BCUT2D eigenvalue weighted by molar-refractivity contribution is 7.65. The Morgan fingerprint density at radius 1 is 0.575 bits per heavy atom. The second-order valence-electron chi connectivity index (χ2n) is 14.2. The minimum Gasteiger partial charge on any atom is -0.0753 e. The van der Waals surface area contributed by atoms with Gasteiger partial charge in [-0.05, 0) is 105 Å². The molecule has 1 saturated heterocycles. The second kappa shape index (κ2) is 13.8. The van der Waals surface area contributed by atoms with Crippen molar-refractivity contribution < 1.29 is 0 Å². The van der Waals surface area contributed by atoms with Crippen molar-refractivity contribution in [1.29, 1.82) is 0 Å². The lowest BCUT2D eigenvalue weighted by Gasteiger charge is -2.26. The predicted molar refractivity (Wildman–Crippen MR) is 182 cm³/mol. The molecule has 1 fully saturated rings. The largest absolute Gasteiger partial charge is 0.0753 e. The van der Waals surface area contributed by atoms with E-state index in [2.05, 4.69) is 109 Å². The molecule has 0 saturated carbocycles. The zero-order valence-electron chi connectivity index (χ0n) is 26.7. The molecular weight excluding hydrogens is 499 g/mol. The first-order valence-corrected chi connectivity index (χ1v) is 17.9. The highest BCUT2D eigenvalue weighted by Gasteiger charge is 2.22. The molecular formula is C39H55P. The van der Waals surface area contributed by atoms with E-state index in [0.29, 0.717) is 0 Å².